The topological polar surface area (TPSA) is 59.1 Å². The first-order valence-electron chi connectivity index (χ1n) is 10.3. The first-order chi connectivity index (χ1) is 13.5. The predicted molar refractivity (Wildman–Crippen MR) is 104 cm³/mol. The van der Waals surface area contributed by atoms with Crippen LogP contribution in [0.15, 0.2) is 30.3 Å². The van der Waals surface area contributed by atoms with Gasteiger partial charge in [0.15, 0.2) is 6.10 Å². The molecule has 0 spiro atoms. The summed E-state index contributed by atoms with van der Waals surface area (Å²) in [5.41, 5.74) is 0.942. The van der Waals surface area contributed by atoms with Crippen LogP contribution in [0.25, 0.3) is 0 Å². The van der Waals surface area contributed by atoms with Gasteiger partial charge in [-0.3, -0.25) is 9.59 Å². The largest absolute Gasteiger partial charge is 0.381 e. The molecule has 0 radical (unpaired) electrons. The van der Waals surface area contributed by atoms with Gasteiger partial charge in [-0.15, -0.1) is 0 Å². The van der Waals surface area contributed by atoms with E-state index in [-0.39, 0.29) is 30.6 Å². The molecule has 5 atom stereocenters. The molecule has 6 nitrogen and oxygen atoms in total. The minimum atomic E-state index is -0.666. The number of hydrogen-bond acceptors (Lipinski definition) is 4. The Morgan fingerprint density at radius 1 is 1.14 bits per heavy atom. The molecule has 2 heterocycles. The molecule has 4 rings (SSSR count). The van der Waals surface area contributed by atoms with E-state index in [2.05, 4.69) is 0 Å². The van der Waals surface area contributed by atoms with Crippen LogP contribution >= 0.6 is 0 Å². The van der Waals surface area contributed by atoms with Gasteiger partial charge in [0.05, 0.1) is 12.1 Å². The lowest BCUT2D eigenvalue weighted by Crippen LogP contribution is -2.59. The molecule has 1 aromatic carbocycles. The molecule has 1 saturated carbocycles. The molecule has 3 aliphatic rings. The van der Waals surface area contributed by atoms with Gasteiger partial charge in [0.2, 0.25) is 5.91 Å². The summed E-state index contributed by atoms with van der Waals surface area (Å²) in [7, 11) is 1.77. The van der Waals surface area contributed by atoms with E-state index in [0.717, 1.165) is 18.4 Å². The lowest BCUT2D eigenvalue weighted by atomic mass is 9.92. The van der Waals surface area contributed by atoms with Crippen molar-refractivity contribution in [2.75, 3.05) is 26.8 Å². The van der Waals surface area contributed by atoms with Crippen molar-refractivity contribution in [3.63, 3.8) is 0 Å². The maximum Gasteiger partial charge on any atom is 0.254 e. The molecule has 0 N–H and O–H groups in total. The lowest BCUT2D eigenvalue weighted by molar-refractivity contribution is -0.174. The number of benzene rings is 1. The first-order valence-corrected chi connectivity index (χ1v) is 10.3. The number of hydrogen-bond donors (Lipinski definition) is 0. The molecule has 1 unspecified atom stereocenters. The fraction of sp³-hybridized carbons (Fsp3) is 0.636. The number of carbonyl (C=O) groups is 2. The normalized spacial score (nSPS) is 32.9. The molecule has 152 valence electrons. The van der Waals surface area contributed by atoms with Gasteiger partial charge < -0.3 is 19.3 Å². The van der Waals surface area contributed by atoms with Crippen LogP contribution in [0.4, 0.5) is 0 Å². The molecule has 1 aliphatic carbocycles. The Hall–Kier alpha value is -1.92. The summed E-state index contributed by atoms with van der Waals surface area (Å²) in [5.74, 6) is 0.730. The van der Waals surface area contributed by atoms with E-state index in [1.165, 1.54) is 0 Å². The summed E-state index contributed by atoms with van der Waals surface area (Å²) >= 11 is 0. The third kappa shape index (κ3) is 3.33. The summed E-state index contributed by atoms with van der Waals surface area (Å²) in [6, 6.07) is 9.38. The number of nitrogens with zero attached hydrogens (tertiary/aromatic N) is 2. The van der Waals surface area contributed by atoms with Gasteiger partial charge >= 0.3 is 0 Å². The third-order valence-electron chi connectivity index (χ3n) is 6.53. The van der Waals surface area contributed by atoms with Gasteiger partial charge in [0, 0.05) is 38.1 Å². The maximum absolute atomic E-state index is 13.5. The van der Waals surface area contributed by atoms with E-state index in [0.29, 0.717) is 24.9 Å². The smallest absolute Gasteiger partial charge is 0.254 e. The van der Waals surface area contributed by atoms with Gasteiger partial charge in [0.25, 0.3) is 5.91 Å². The van der Waals surface area contributed by atoms with Crippen molar-refractivity contribution in [3.8, 4) is 0 Å². The SMILES string of the molecule is COC1[C@@H]2CC[C@H]1CN(C(=O)[C@H]1OCC(=O)N(C(C)C)[C@@H]1c1ccccc1)C2. The highest BCUT2D eigenvalue weighted by Gasteiger charge is 2.48. The molecular formula is C22H30N2O4. The van der Waals surface area contributed by atoms with Crippen molar-refractivity contribution in [1.29, 1.82) is 0 Å². The monoisotopic (exact) mass is 386 g/mol. The molecule has 3 fully saturated rings. The number of rotatable bonds is 4. The number of likely N-dealkylation sites (tertiary alicyclic amines) is 1. The summed E-state index contributed by atoms with van der Waals surface area (Å²) in [4.78, 5) is 29.9. The second-order valence-corrected chi connectivity index (χ2v) is 8.52. The molecule has 2 amide bonds. The van der Waals surface area contributed by atoms with Crippen LogP contribution in [0.1, 0.15) is 38.3 Å². The third-order valence-corrected chi connectivity index (χ3v) is 6.53. The molecular weight excluding hydrogens is 356 g/mol. The Bertz CT molecular complexity index is 709. The maximum atomic E-state index is 13.5. The Morgan fingerprint density at radius 3 is 2.36 bits per heavy atom. The van der Waals surface area contributed by atoms with Gasteiger partial charge in [-0.1, -0.05) is 30.3 Å². The number of fused-ring (bicyclic) bond motifs is 2. The summed E-state index contributed by atoms with van der Waals surface area (Å²) in [6.07, 6.45) is 1.81. The second kappa shape index (κ2) is 7.84. The minimum absolute atomic E-state index is 0.00143. The molecule has 2 aliphatic heterocycles. The van der Waals surface area contributed by atoms with E-state index in [4.69, 9.17) is 9.47 Å². The van der Waals surface area contributed by atoms with Crippen LogP contribution in [-0.2, 0) is 19.1 Å². The van der Waals surface area contributed by atoms with E-state index >= 15 is 0 Å². The Labute approximate surface area is 166 Å². The van der Waals surface area contributed by atoms with Gasteiger partial charge in [0.1, 0.15) is 6.61 Å². The number of methoxy groups -OCH3 is 1. The van der Waals surface area contributed by atoms with Crippen LogP contribution in [0.2, 0.25) is 0 Å². The van der Waals surface area contributed by atoms with Crippen LogP contribution in [0.3, 0.4) is 0 Å². The average molecular weight is 386 g/mol. The van der Waals surface area contributed by atoms with Gasteiger partial charge in [-0.2, -0.15) is 0 Å². The van der Waals surface area contributed by atoms with Crippen molar-refractivity contribution in [3.05, 3.63) is 35.9 Å². The standard InChI is InChI=1S/C22H30N2O4/c1-14(2)24-18(25)13-28-21(19(24)15-7-5-4-6-8-15)22(26)23-11-16-9-10-17(12-23)20(16)27-3/h4-8,14,16-17,19-21H,9-13H2,1-3H3/t16-,17+,19-,20?,21+/m1/s1. The van der Waals surface area contributed by atoms with Crippen molar-refractivity contribution in [2.24, 2.45) is 11.8 Å². The van der Waals surface area contributed by atoms with Gasteiger partial charge in [-0.25, -0.2) is 0 Å². The van der Waals surface area contributed by atoms with Crippen LogP contribution in [0.5, 0.6) is 0 Å². The highest BCUT2D eigenvalue weighted by Crippen LogP contribution is 2.40. The highest BCUT2D eigenvalue weighted by atomic mass is 16.5. The zero-order valence-corrected chi connectivity index (χ0v) is 16.9. The average Bonchev–Trinajstić information content (AvgIpc) is 2.95. The number of carbonyl (C=O) groups excluding carboxylic acids is 2. The van der Waals surface area contributed by atoms with Crippen molar-refractivity contribution < 1.29 is 19.1 Å². The summed E-state index contributed by atoms with van der Waals surface area (Å²) < 4.78 is 11.6. The highest BCUT2D eigenvalue weighted by molar-refractivity contribution is 5.86. The van der Waals surface area contributed by atoms with Crippen molar-refractivity contribution >= 4 is 11.8 Å². The van der Waals surface area contributed by atoms with Crippen LogP contribution in [-0.4, -0.2) is 66.7 Å². The number of ether oxygens (including phenoxy) is 2. The van der Waals surface area contributed by atoms with Crippen molar-refractivity contribution in [1.82, 2.24) is 9.80 Å². The lowest BCUT2D eigenvalue weighted by Gasteiger charge is -2.45. The molecule has 1 aromatic rings. The number of amides is 2. The number of morpholine rings is 1. The number of piperidine rings is 1. The van der Waals surface area contributed by atoms with E-state index in [9.17, 15) is 9.59 Å². The summed E-state index contributed by atoms with van der Waals surface area (Å²) in [6.45, 7) is 5.37. The van der Waals surface area contributed by atoms with Crippen LogP contribution < -0.4 is 0 Å². The van der Waals surface area contributed by atoms with E-state index in [1.54, 1.807) is 7.11 Å². The fourth-order valence-corrected chi connectivity index (χ4v) is 5.35. The Morgan fingerprint density at radius 2 is 1.79 bits per heavy atom. The fourth-order valence-electron chi connectivity index (χ4n) is 5.35. The van der Waals surface area contributed by atoms with Crippen molar-refractivity contribution in [2.45, 2.75) is 51.0 Å². The zero-order valence-electron chi connectivity index (χ0n) is 16.9. The quantitative estimate of drug-likeness (QED) is 0.796. The summed E-state index contributed by atoms with van der Waals surface area (Å²) in [5, 5.41) is 0. The Balaban J connectivity index is 1.61. The van der Waals surface area contributed by atoms with E-state index in [1.807, 2.05) is 54.0 Å². The Kier molecular flexibility index (Phi) is 5.43. The van der Waals surface area contributed by atoms with Crippen LogP contribution in [0, 0.1) is 11.8 Å². The molecule has 2 bridgehead atoms. The zero-order chi connectivity index (χ0) is 19.8. The molecule has 28 heavy (non-hydrogen) atoms. The first kappa shape index (κ1) is 19.4. The molecule has 0 aromatic heterocycles. The van der Waals surface area contributed by atoms with Gasteiger partial charge in [-0.05, 0) is 32.3 Å². The predicted octanol–water partition coefficient (Wildman–Crippen LogP) is 2.25. The molecule has 2 saturated heterocycles. The minimum Gasteiger partial charge on any atom is -0.381 e. The van der Waals surface area contributed by atoms with E-state index < -0.39 is 12.1 Å². The second-order valence-electron chi connectivity index (χ2n) is 8.52. The molecule has 6 heteroatoms.